The predicted molar refractivity (Wildman–Crippen MR) is 93.0 cm³/mol. The second-order valence-electron chi connectivity index (χ2n) is 5.03. The molecule has 8 heteroatoms. The topological polar surface area (TPSA) is 93.5 Å². The Morgan fingerprint density at radius 1 is 1.25 bits per heavy atom. The highest BCUT2D eigenvalue weighted by Gasteiger charge is 2.13. The van der Waals surface area contributed by atoms with Gasteiger partial charge in [0.1, 0.15) is 5.75 Å². The van der Waals surface area contributed by atoms with Crippen LogP contribution in [0.15, 0.2) is 36.4 Å². The summed E-state index contributed by atoms with van der Waals surface area (Å²) in [5.41, 5.74) is 1.73. The second-order valence-corrected chi connectivity index (χ2v) is 5.43. The van der Waals surface area contributed by atoms with E-state index in [1.54, 1.807) is 12.1 Å². The molecule has 0 aliphatic heterocycles. The summed E-state index contributed by atoms with van der Waals surface area (Å²) in [6.07, 6.45) is 0. The number of nitrogens with one attached hydrogen (secondary N) is 2. The zero-order valence-electron chi connectivity index (χ0n) is 13.1. The van der Waals surface area contributed by atoms with Crippen molar-refractivity contribution in [1.29, 1.82) is 0 Å². The molecule has 0 aromatic heterocycles. The molecule has 0 saturated heterocycles. The molecule has 24 heavy (non-hydrogen) atoms. The number of aryl methyl sites for hydroxylation is 1. The molecule has 1 amide bonds. The first-order valence-corrected chi connectivity index (χ1v) is 7.41. The zero-order chi connectivity index (χ0) is 17.7. The summed E-state index contributed by atoms with van der Waals surface area (Å²) < 4.78 is 5.10. The van der Waals surface area contributed by atoms with Crippen molar-refractivity contribution < 1.29 is 14.5 Å². The third kappa shape index (κ3) is 4.36. The maximum absolute atomic E-state index is 12.1. The van der Waals surface area contributed by atoms with Crippen LogP contribution in [0.1, 0.15) is 5.56 Å². The van der Waals surface area contributed by atoms with Crippen LogP contribution in [0.25, 0.3) is 0 Å². The maximum atomic E-state index is 12.1. The van der Waals surface area contributed by atoms with Gasteiger partial charge in [-0.15, -0.1) is 0 Å². The van der Waals surface area contributed by atoms with E-state index in [1.807, 2.05) is 13.0 Å². The molecule has 0 bridgehead atoms. The number of ether oxygens (including phenoxy) is 1. The average molecular weight is 350 g/mol. The van der Waals surface area contributed by atoms with Gasteiger partial charge in [-0.2, -0.15) is 0 Å². The Bertz CT molecular complexity index is 780. The smallest absolute Gasteiger partial charge is 0.271 e. The van der Waals surface area contributed by atoms with E-state index in [-0.39, 0.29) is 23.8 Å². The molecule has 0 atom stereocenters. The number of nitrogens with zero attached hydrogens (tertiary/aromatic N) is 1. The van der Waals surface area contributed by atoms with Crippen LogP contribution >= 0.6 is 11.6 Å². The van der Waals surface area contributed by atoms with Gasteiger partial charge in [0, 0.05) is 12.1 Å². The van der Waals surface area contributed by atoms with Crippen molar-refractivity contribution in [3.63, 3.8) is 0 Å². The summed E-state index contributed by atoms with van der Waals surface area (Å²) in [5.74, 6) is -0.0484. The molecule has 2 N–H and O–H groups in total. The lowest BCUT2D eigenvalue weighted by Crippen LogP contribution is -2.22. The second kappa shape index (κ2) is 7.65. The molecule has 2 aromatic rings. The first kappa shape index (κ1) is 17.6. The summed E-state index contributed by atoms with van der Waals surface area (Å²) in [5, 5.41) is 16.8. The van der Waals surface area contributed by atoms with Crippen LogP contribution in [0.4, 0.5) is 17.1 Å². The molecule has 0 radical (unpaired) electrons. The highest BCUT2D eigenvalue weighted by atomic mass is 35.5. The fraction of sp³-hybridized carbons (Fsp3) is 0.188. The number of non-ortho nitro benzene ring substituents is 1. The molecule has 0 spiro atoms. The number of carbonyl (C=O) groups excluding carboxylic acids is 1. The third-order valence-electron chi connectivity index (χ3n) is 3.23. The number of nitro groups is 1. The Hall–Kier alpha value is -2.80. The lowest BCUT2D eigenvalue weighted by atomic mass is 10.2. The molecule has 0 saturated carbocycles. The van der Waals surface area contributed by atoms with E-state index < -0.39 is 4.92 Å². The number of amides is 1. The molecule has 0 unspecified atom stereocenters. The van der Waals surface area contributed by atoms with Crippen molar-refractivity contribution in [3.8, 4) is 5.75 Å². The van der Waals surface area contributed by atoms with E-state index in [1.165, 1.54) is 25.3 Å². The predicted octanol–water partition coefficient (Wildman–Crippen LogP) is 3.62. The first-order chi connectivity index (χ1) is 11.4. The molecule has 0 heterocycles. The molecule has 7 nitrogen and oxygen atoms in total. The van der Waals surface area contributed by atoms with Crippen LogP contribution in [-0.4, -0.2) is 24.5 Å². The molecule has 2 aromatic carbocycles. The van der Waals surface area contributed by atoms with Gasteiger partial charge in [0.05, 0.1) is 35.0 Å². The van der Waals surface area contributed by atoms with Crippen molar-refractivity contribution in [2.75, 3.05) is 24.3 Å². The molecule has 126 valence electrons. The van der Waals surface area contributed by atoms with Gasteiger partial charge in [-0.25, -0.2) is 0 Å². The lowest BCUT2D eigenvalue weighted by Gasteiger charge is -2.12. The van der Waals surface area contributed by atoms with Gasteiger partial charge in [0.25, 0.3) is 5.69 Å². The number of nitro benzene ring substituents is 1. The Labute approximate surface area is 143 Å². The minimum Gasteiger partial charge on any atom is -0.495 e. The third-order valence-corrected chi connectivity index (χ3v) is 3.54. The molecular weight excluding hydrogens is 334 g/mol. The quantitative estimate of drug-likeness (QED) is 0.613. The number of benzene rings is 2. The Morgan fingerprint density at radius 2 is 2.00 bits per heavy atom. The Kier molecular flexibility index (Phi) is 5.59. The van der Waals surface area contributed by atoms with Crippen molar-refractivity contribution in [3.05, 3.63) is 57.1 Å². The van der Waals surface area contributed by atoms with Gasteiger partial charge in [-0.3, -0.25) is 14.9 Å². The lowest BCUT2D eigenvalue weighted by molar-refractivity contribution is -0.384. The number of anilines is 2. The zero-order valence-corrected chi connectivity index (χ0v) is 13.9. The van der Waals surface area contributed by atoms with Gasteiger partial charge >= 0.3 is 0 Å². The minimum atomic E-state index is -0.542. The Morgan fingerprint density at radius 3 is 2.62 bits per heavy atom. The van der Waals surface area contributed by atoms with E-state index in [9.17, 15) is 14.9 Å². The molecule has 0 aliphatic rings. The summed E-state index contributed by atoms with van der Waals surface area (Å²) in [6, 6.07) is 9.41. The summed E-state index contributed by atoms with van der Waals surface area (Å²) in [4.78, 5) is 22.4. The van der Waals surface area contributed by atoms with Gasteiger partial charge in [-0.05, 0) is 30.7 Å². The van der Waals surface area contributed by atoms with Crippen LogP contribution < -0.4 is 15.4 Å². The van der Waals surface area contributed by atoms with Crippen LogP contribution in [0.3, 0.4) is 0 Å². The van der Waals surface area contributed by atoms with Crippen molar-refractivity contribution in [2.45, 2.75) is 6.92 Å². The van der Waals surface area contributed by atoms with E-state index in [2.05, 4.69) is 10.6 Å². The number of halogens is 1. The van der Waals surface area contributed by atoms with Gasteiger partial charge in [0.15, 0.2) is 0 Å². The van der Waals surface area contributed by atoms with Gasteiger partial charge < -0.3 is 15.4 Å². The standard InChI is InChI=1S/C16H16ClN3O4/c1-10-3-5-13(12(17)7-10)18-9-16(21)19-14-8-11(20(22)23)4-6-15(14)24-2/h3-8,18H,9H2,1-2H3,(H,19,21). The van der Waals surface area contributed by atoms with E-state index in [0.717, 1.165) is 5.56 Å². The van der Waals surface area contributed by atoms with Crippen molar-refractivity contribution >= 4 is 34.6 Å². The summed E-state index contributed by atoms with van der Waals surface area (Å²) in [6.45, 7) is 1.87. The van der Waals surface area contributed by atoms with Crippen LogP contribution in [-0.2, 0) is 4.79 Å². The van der Waals surface area contributed by atoms with E-state index >= 15 is 0 Å². The highest BCUT2D eigenvalue weighted by Crippen LogP contribution is 2.29. The van der Waals surface area contributed by atoms with Gasteiger partial charge in [0.2, 0.25) is 5.91 Å². The molecule has 0 fully saturated rings. The summed E-state index contributed by atoms with van der Waals surface area (Å²) in [7, 11) is 1.42. The number of methoxy groups -OCH3 is 1. The van der Waals surface area contributed by atoms with Crippen LogP contribution in [0, 0.1) is 17.0 Å². The van der Waals surface area contributed by atoms with Crippen LogP contribution in [0.2, 0.25) is 5.02 Å². The number of rotatable bonds is 6. The van der Waals surface area contributed by atoms with E-state index in [0.29, 0.717) is 16.5 Å². The Balaban J connectivity index is 2.06. The normalized spacial score (nSPS) is 10.1. The van der Waals surface area contributed by atoms with Crippen molar-refractivity contribution in [1.82, 2.24) is 0 Å². The molecule has 0 aliphatic carbocycles. The SMILES string of the molecule is COc1ccc([N+](=O)[O-])cc1NC(=O)CNc1ccc(C)cc1Cl. The van der Waals surface area contributed by atoms with Crippen molar-refractivity contribution in [2.24, 2.45) is 0 Å². The fourth-order valence-corrected chi connectivity index (χ4v) is 2.34. The fourth-order valence-electron chi connectivity index (χ4n) is 2.04. The monoisotopic (exact) mass is 349 g/mol. The van der Waals surface area contributed by atoms with Crippen LogP contribution in [0.5, 0.6) is 5.75 Å². The molecular formula is C16H16ClN3O4. The molecule has 2 rings (SSSR count). The minimum absolute atomic E-state index is 0.0470. The summed E-state index contributed by atoms with van der Waals surface area (Å²) >= 11 is 6.09. The highest BCUT2D eigenvalue weighted by molar-refractivity contribution is 6.33. The number of hydrogen-bond donors (Lipinski definition) is 2. The number of hydrogen-bond acceptors (Lipinski definition) is 5. The first-order valence-electron chi connectivity index (χ1n) is 7.03. The number of carbonyl (C=O) groups is 1. The largest absolute Gasteiger partial charge is 0.495 e. The van der Waals surface area contributed by atoms with Gasteiger partial charge in [-0.1, -0.05) is 17.7 Å². The van der Waals surface area contributed by atoms with E-state index in [4.69, 9.17) is 16.3 Å². The maximum Gasteiger partial charge on any atom is 0.271 e. The average Bonchev–Trinajstić information content (AvgIpc) is 2.53.